The van der Waals surface area contributed by atoms with Gasteiger partial charge in [0.05, 0.1) is 0 Å². The van der Waals surface area contributed by atoms with E-state index in [1.54, 1.807) is 36.4 Å². The smallest absolute Gasteiger partial charge is 0.185 e. The molecule has 0 spiro atoms. The molecule has 0 aromatic heterocycles. The number of carbonyl (C=O) groups is 1. The zero-order valence-corrected chi connectivity index (χ0v) is 13.9. The number of carbonyl (C=O) groups excluding carboxylic acids is 1. The second kappa shape index (κ2) is 7.63. The van der Waals surface area contributed by atoms with Crippen molar-refractivity contribution in [2.45, 2.75) is 0 Å². The molecule has 2 rings (SSSR count). The van der Waals surface area contributed by atoms with E-state index in [2.05, 4.69) is 15.9 Å². The first-order valence-corrected chi connectivity index (χ1v) is 6.56. The van der Waals surface area contributed by atoms with Crippen LogP contribution in [0.15, 0.2) is 59.1 Å². The summed E-state index contributed by atoms with van der Waals surface area (Å²) in [5.41, 5.74) is 1.62. The first-order chi connectivity index (χ1) is 8.65. The van der Waals surface area contributed by atoms with Crippen LogP contribution in [0.2, 0.25) is 5.02 Å². The first-order valence-electron chi connectivity index (χ1n) is 5.39. The Morgan fingerprint density at radius 1 is 1.00 bits per heavy atom. The summed E-state index contributed by atoms with van der Waals surface area (Å²) in [4.78, 5) is 11.9. The second-order valence-corrected chi connectivity index (χ2v) is 5.11. The fourth-order valence-corrected chi connectivity index (χ4v) is 1.85. The van der Waals surface area contributed by atoms with Crippen molar-refractivity contribution >= 4 is 56.4 Å². The fourth-order valence-electron chi connectivity index (χ4n) is 1.46. The lowest BCUT2D eigenvalue weighted by Gasteiger charge is -1.96. The van der Waals surface area contributed by atoms with Gasteiger partial charge in [-0.1, -0.05) is 45.7 Å². The van der Waals surface area contributed by atoms with E-state index >= 15 is 0 Å². The van der Waals surface area contributed by atoms with Gasteiger partial charge in [0.25, 0.3) is 0 Å². The highest BCUT2D eigenvalue weighted by molar-refractivity contribution is 9.10. The van der Waals surface area contributed by atoms with E-state index in [1.165, 1.54) is 0 Å². The van der Waals surface area contributed by atoms with Gasteiger partial charge in [-0.25, -0.2) is 0 Å². The largest absolute Gasteiger partial charge is 0.289 e. The Kier molecular flexibility index (Phi) is 6.49. The lowest BCUT2D eigenvalue weighted by atomic mass is 10.1. The lowest BCUT2D eigenvalue weighted by molar-refractivity contribution is 0.104. The van der Waals surface area contributed by atoms with Crippen LogP contribution in [0.25, 0.3) is 6.08 Å². The summed E-state index contributed by atoms with van der Waals surface area (Å²) in [6.07, 6.45) is 3.34. The molecule has 0 radical (unpaired) electrons. The summed E-state index contributed by atoms with van der Waals surface area (Å²) < 4.78 is 0.959. The minimum Gasteiger partial charge on any atom is -0.289 e. The first kappa shape index (κ1) is 16.2. The highest BCUT2D eigenvalue weighted by Crippen LogP contribution is 2.13. The summed E-state index contributed by atoms with van der Waals surface area (Å²) in [5.74, 6) is -0.0162. The van der Waals surface area contributed by atoms with Gasteiger partial charge in [0.2, 0.25) is 0 Å². The average Bonchev–Trinajstić information content (AvgIpc) is 2.38. The Hall–Kier alpha value is -0.900. The minimum atomic E-state index is -0.0162. The van der Waals surface area contributed by atoms with E-state index in [0.717, 1.165) is 10.0 Å². The van der Waals surface area contributed by atoms with Crippen molar-refractivity contribution in [2.75, 3.05) is 0 Å². The van der Waals surface area contributed by atoms with Crippen LogP contribution in [-0.2, 0) is 0 Å². The van der Waals surface area contributed by atoms with Crippen LogP contribution in [0.5, 0.6) is 0 Å². The Morgan fingerprint density at radius 3 is 2.16 bits per heavy atom. The molecule has 0 unspecified atom stereocenters. The van der Waals surface area contributed by atoms with Gasteiger partial charge in [-0.05, 0) is 48.0 Å². The van der Waals surface area contributed by atoms with Crippen LogP contribution in [0.1, 0.15) is 15.9 Å². The van der Waals surface area contributed by atoms with Gasteiger partial charge < -0.3 is 0 Å². The molecule has 98 valence electrons. The summed E-state index contributed by atoms with van der Waals surface area (Å²) in [5, 5.41) is 0.686. The quantitative estimate of drug-likeness (QED) is 0.484. The lowest BCUT2D eigenvalue weighted by Crippen LogP contribution is -1.92. The van der Waals surface area contributed by atoms with Crippen molar-refractivity contribution in [2.24, 2.45) is 0 Å². The molecular formula is C15H11Br2ClO. The second-order valence-electron chi connectivity index (χ2n) is 3.76. The van der Waals surface area contributed by atoms with E-state index < -0.39 is 0 Å². The molecular weight excluding hydrogens is 391 g/mol. The molecule has 0 N–H and O–H groups in total. The van der Waals surface area contributed by atoms with E-state index in [-0.39, 0.29) is 22.8 Å². The SMILES string of the molecule is Br.O=C(/C=C/c1ccc(Cl)cc1)c1ccc(Br)cc1. The Balaban J connectivity index is 0.00000180. The molecule has 0 saturated heterocycles. The van der Waals surface area contributed by atoms with E-state index in [1.807, 2.05) is 24.3 Å². The Morgan fingerprint density at radius 2 is 1.58 bits per heavy atom. The normalized spacial score (nSPS) is 10.2. The predicted molar refractivity (Wildman–Crippen MR) is 89.3 cm³/mol. The maximum Gasteiger partial charge on any atom is 0.185 e. The van der Waals surface area contributed by atoms with Crippen molar-refractivity contribution in [1.29, 1.82) is 0 Å². The summed E-state index contributed by atoms with van der Waals surface area (Å²) in [6, 6.07) is 14.6. The van der Waals surface area contributed by atoms with Gasteiger partial charge in [-0.15, -0.1) is 17.0 Å². The van der Waals surface area contributed by atoms with Crippen LogP contribution in [0, 0.1) is 0 Å². The van der Waals surface area contributed by atoms with Gasteiger partial charge in [0.15, 0.2) is 5.78 Å². The number of rotatable bonds is 3. The third-order valence-corrected chi connectivity index (χ3v) is 3.21. The molecule has 0 amide bonds. The monoisotopic (exact) mass is 400 g/mol. The fraction of sp³-hybridized carbons (Fsp3) is 0. The molecule has 0 aliphatic heterocycles. The predicted octanol–water partition coefficient (Wildman–Crippen LogP) is 5.58. The van der Waals surface area contributed by atoms with Gasteiger partial charge in [-0.2, -0.15) is 0 Å². The summed E-state index contributed by atoms with van der Waals surface area (Å²) >= 11 is 9.12. The standard InChI is InChI=1S/C15H10BrClO.BrH/c16-13-6-4-12(5-7-13)15(18)10-3-11-1-8-14(17)9-2-11;/h1-10H;1H/b10-3+;. The molecule has 0 bridgehead atoms. The van der Waals surface area contributed by atoms with Crippen LogP contribution in [0.3, 0.4) is 0 Å². The third-order valence-electron chi connectivity index (χ3n) is 2.43. The molecule has 19 heavy (non-hydrogen) atoms. The summed E-state index contributed by atoms with van der Waals surface area (Å²) in [6.45, 7) is 0. The molecule has 1 nitrogen and oxygen atoms in total. The zero-order chi connectivity index (χ0) is 13.0. The highest BCUT2D eigenvalue weighted by Gasteiger charge is 2.00. The Labute approximate surface area is 136 Å². The topological polar surface area (TPSA) is 17.1 Å². The summed E-state index contributed by atoms with van der Waals surface area (Å²) in [7, 11) is 0. The number of halogens is 3. The zero-order valence-electron chi connectivity index (χ0n) is 9.85. The van der Waals surface area contributed by atoms with Gasteiger partial charge in [0, 0.05) is 15.1 Å². The van der Waals surface area contributed by atoms with Crippen molar-refractivity contribution in [3.8, 4) is 0 Å². The maximum atomic E-state index is 11.9. The van der Waals surface area contributed by atoms with Gasteiger partial charge in [0.1, 0.15) is 0 Å². The van der Waals surface area contributed by atoms with Crippen LogP contribution in [0.4, 0.5) is 0 Å². The van der Waals surface area contributed by atoms with Crippen molar-refractivity contribution < 1.29 is 4.79 Å². The van der Waals surface area contributed by atoms with Crippen molar-refractivity contribution in [3.63, 3.8) is 0 Å². The highest BCUT2D eigenvalue weighted by atomic mass is 79.9. The molecule has 0 aliphatic carbocycles. The van der Waals surface area contributed by atoms with Crippen molar-refractivity contribution in [1.82, 2.24) is 0 Å². The van der Waals surface area contributed by atoms with Crippen molar-refractivity contribution in [3.05, 3.63) is 75.2 Å². The number of hydrogen-bond donors (Lipinski definition) is 0. The van der Waals surface area contributed by atoms with E-state index in [0.29, 0.717) is 10.6 Å². The molecule has 2 aromatic rings. The number of benzene rings is 2. The minimum absolute atomic E-state index is 0. The Bertz CT molecular complexity index is 574. The average molecular weight is 403 g/mol. The molecule has 0 atom stereocenters. The van der Waals surface area contributed by atoms with E-state index in [9.17, 15) is 4.79 Å². The van der Waals surface area contributed by atoms with E-state index in [4.69, 9.17) is 11.6 Å². The van der Waals surface area contributed by atoms with Gasteiger partial charge in [-0.3, -0.25) is 4.79 Å². The molecule has 0 aliphatic rings. The number of hydrogen-bond acceptors (Lipinski definition) is 1. The van der Waals surface area contributed by atoms with Crippen LogP contribution >= 0.6 is 44.5 Å². The molecule has 0 saturated carbocycles. The molecule has 4 heteroatoms. The third kappa shape index (κ3) is 4.94. The van der Waals surface area contributed by atoms with Crippen LogP contribution in [-0.4, -0.2) is 5.78 Å². The maximum absolute atomic E-state index is 11.9. The molecule has 0 heterocycles. The van der Waals surface area contributed by atoms with Gasteiger partial charge >= 0.3 is 0 Å². The number of allylic oxidation sites excluding steroid dienone is 1. The van der Waals surface area contributed by atoms with Crippen LogP contribution < -0.4 is 0 Å². The molecule has 2 aromatic carbocycles. The molecule has 0 fully saturated rings. The number of ketones is 1.